The van der Waals surface area contributed by atoms with E-state index < -0.39 is 11.8 Å². The molecule has 2 amide bonds. The summed E-state index contributed by atoms with van der Waals surface area (Å²) in [5.74, 6) is -1.57. The molecule has 0 atom stereocenters. The average Bonchev–Trinajstić information content (AvgIpc) is 3.05. The number of hydrogen-bond donors (Lipinski definition) is 2. The Balaban J connectivity index is 2.39. The number of hydrogen-bond acceptors (Lipinski definition) is 5. The molecule has 1 aliphatic carbocycles. The van der Waals surface area contributed by atoms with Gasteiger partial charge in [0.1, 0.15) is 0 Å². The molecule has 0 radical (unpaired) electrons. The molecule has 0 aliphatic heterocycles. The second-order valence-electron chi connectivity index (χ2n) is 10.3. The molecule has 1 aromatic rings. The average molecular weight is 407 g/mol. The van der Waals surface area contributed by atoms with Gasteiger partial charge in [-0.25, -0.2) is 10.4 Å². The zero-order valence-electron chi connectivity index (χ0n) is 18.8. The van der Waals surface area contributed by atoms with Crippen LogP contribution in [0, 0.1) is 27.1 Å². The first kappa shape index (κ1) is 22.5. The Kier molecular flexibility index (Phi) is 5.35. The first-order chi connectivity index (χ1) is 12.5. The van der Waals surface area contributed by atoms with E-state index in [1.54, 1.807) is 11.6 Å². The lowest BCUT2D eigenvalue weighted by Crippen LogP contribution is -2.68. The largest absolute Gasteiger partial charge is 0.329 e. The lowest BCUT2D eigenvalue weighted by atomic mass is 9.34. The van der Waals surface area contributed by atoms with Crippen molar-refractivity contribution >= 4 is 34.0 Å². The van der Waals surface area contributed by atoms with Gasteiger partial charge in [-0.2, -0.15) is 5.10 Å². The Bertz CT molecular complexity index is 770. The third kappa shape index (κ3) is 2.98. The van der Waals surface area contributed by atoms with Crippen molar-refractivity contribution in [3.8, 4) is 0 Å². The number of nitrogens with zero attached hydrogens (tertiary/aromatic N) is 2. The molecule has 0 spiro atoms. The minimum atomic E-state index is -0.797. The van der Waals surface area contributed by atoms with Gasteiger partial charge in [-0.05, 0) is 16.2 Å². The van der Waals surface area contributed by atoms with Crippen LogP contribution in [0.15, 0.2) is 16.7 Å². The molecule has 1 fully saturated rings. The maximum atomic E-state index is 12.3. The number of thiazole rings is 1. The topological polar surface area (TPSA) is 83.5 Å². The molecule has 28 heavy (non-hydrogen) atoms. The molecule has 1 aromatic heterocycles. The summed E-state index contributed by atoms with van der Waals surface area (Å²) in [6.45, 7) is 22.4. The van der Waals surface area contributed by atoms with Gasteiger partial charge >= 0.3 is 11.8 Å². The third-order valence-corrected chi connectivity index (χ3v) is 9.25. The van der Waals surface area contributed by atoms with Gasteiger partial charge < -0.3 is 0 Å². The fourth-order valence-electron chi connectivity index (χ4n) is 4.59. The van der Waals surface area contributed by atoms with Crippen LogP contribution in [0.3, 0.4) is 0 Å². The van der Waals surface area contributed by atoms with Gasteiger partial charge in [0.25, 0.3) is 0 Å². The zero-order valence-corrected chi connectivity index (χ0v) is 19.6. The van der Waals surface area contributed by atoms with Gasteiger partial charge in [0.15, 0.2) is 5.13 Å². The van der Waals surface area contributed by atoms with Crippen LogP contribution in [0.4, 0.5) is 5.13 Å². The summed E-state index contributed by atoms with van der Waals surface area (Å²) >= 11 is 1.25. The quantitative estimate of drug-likeness (QED) is 0.552. The molecule has 0 aromatic carbocycles. The fraction of sp³-hybridized carbons (Fsp3) is 0.714. The van der Waals surface area contributed by atoms with Crippen LogP contribution in [-0.4, -0.2) is 22.5 Å². The molecule has 2 N–H and O–H groups in total. The lowest BCUT2D eigenvalue weighted by molar-refractivity contribution is -0.139. The molecule has 1 heterocycles. The van der Waals surface area contributed by atoms with Gasteiger partial charge in [0.2, 0.25) is 0 Å². The minimum absolute atomic E-state index is 0.00174. The van der Waals surface area contributed by atoms with E-state index in [1.807, 2.05) is 0 Å². The van der Waals surface area contributed by atoms with Crippen molar-refractivity contribution in [1.82, 2.24) is 10.4 Å². The summed E-state index contributed by atoms with van der Waals surface area (Å²) in [7, 11) is 0. The monoisotopic (exact) mass is 406 g/mol. The van der Waals surface area contributed by atoms with Crippen LogP contribution in [0.5, 0.6) is 0 Å². The van der Waals surface area contributed by atoms with E-state index >= 15 is 0 Å². The van der Waals surface area contributed by atoms with Crippen molar-refractivity contribution in [2.45, 2.75) is 69.2 Å². The van der Waals surface area contributed by atoms with E-state index in [9.17, 15) is 9.59 Å². The molecule has 1 saturated carbocycles. The number of carbonyl (C=O) groups is 2. The number of amides is 2. The highest BCUT2D eigenvalue weighted by molar-refractivity contribution is 7.13. The summed E-state index contributed by atoms with van der Waals surface area (Å²) in [4.78, 5) is 28.4. The highest BCUT2D eigenvalue weighted by Gasteiger charge is 2.67. The molecular formula is C21H34N4O2S. The molecule has 0 unspecified atom stereocenters. The summed E-state index contributed by atoms with van der Waals surface area (Å²) < 4.78 is 0. The molecular weight excluding hydrogens is 372 g/mol. The van der Waals surface area contributed by atoms with Gasteiger partial charge in [-0.3, -0.25) is 14.9 Å². The molecule has 7 heteroatoms. The van der Waals surface area contributed by atoms with Crippen molar-refractivity contribution in [3.63, 3.8) is 0 Å². The van der Waals surface area contributed by atoms with Crippen molar-refractivity contribution in [2.75, 3.05) is 5.32 Å². The van der Waals surface area contributed by atoms with Crippen LogP contribution in [0.1, 0.15) is 69.2 Å². The zero-order chi connectivity index (χ0) is 21.8. The van der Waals surface area contributed by atoms with Crippen molar-refractivity contribution < 1.29 is 9.59 Å². The molecule has 0 bridgehead atoms. The third-order valence-electron chi connectivity index (χ3n) is 8.56. The van der Waals surface area contributed by atoms with E-state index in [-0.39, 0.29) is 27.1 Å². The van der Waals surface area contributed by atoms with Crippen LogP contribution in [-0.2, 0) is 9.59 Å². The summed E-state index contributed by atoms with van der Waals surface area (Å²) in [5.41, 5.74) is 2.58. The van der Waals surface area contributed by atoms with Crippen molar-refractivity contribution in [2.24, 2.45) is 32.2 Å². The molecule has 6 nitrogen and oxygen atoms in total. The Morgan fingerprint density at radius 3 is 1.79 bits per heavy atom. The smallest absolute Gasteiger partial charge is 0.294 e. The normalized spacial score (nSPS) is 23.6. The molecule has 1 aliphatic rings. The summed E-state index contributed by atoms with van der Waals surface area (Å²) in [6, 6.07) is 0. The highest BCUT2D eigenvalue weighted by atomic mass is 32.1. The lowest BCUT2D eigenvalue weighted by Gasteiger charge is -2.69. The number of aromatic nitrogens is 1. The fourth-order valence-corrected chi connectivity index (χ4v) is 5.12. The van der Waals surface area contributed by atoms with Gasteiger partial charge in [0, 0.05) is 22.4 Å². The predicted molar refractivity (Wildman–Crippen MR) is 115 cm³/mol. The second-order valence-corrected chi connectivity index (χ2v) is 11.2. The van der Waals surface area contributed by atoms with E-state index in [2.05, 4.69) is 90.1 Å². The number of rotatable bonds is 2. The van der Waals surface area contributed by atoms with E-state index in [4.69, 9.17) is 0 Å². The van der Waals surface area contributed by atoms with Gasteiger partial charge in [0.05, 0.1) is 5.71 Å². The standard InChI is InChI=1S/C21H34N4O2S/c1-17(2)15(18(3,4)20(7,8)21(9,10)19(17,5)6)25-24-14(27)13(26)23-16-22-11-12-28-16/h11-12H,1-10H3,(H,24,27)(H,22,23,26). The van der Waals surface area contributed by atoms with Crippen molar-refractivity contribution in [1.29, 1.82) is 0 Å². The Morgan fingerprint density at radius 2 is 1.36 bits per heavy atom. The van der Waals surface area contributed by atoms with Crippen LogP contribution in [0.2, 0.25) is 0 Å². The number of nitrogens with one attached hydrogen (secondary N) is 2. The van der Waals surface area contributed by atoms with Gasteiger partial charge in [-0.1, -0.05) is 69.2 Å². The highest BCUT2D eigenvalue weighted by Crippen LogP contribution is 2.70. The van der Waals surface area contributed by atoms with Crippen LogP contribution in [0.25, 0.3) is 0 Å². The Hall–Kier alpha value is -1.76. The predicted octanol–water partition coefficient (Wildman–Crippen LogP) is 4.70. The molecule has 156 valence electrons. The van der Waals surface area contributed by atoms with Crippen LogP contribution >= 0.6 is 11.3 Å². The molecule has 2 rings (SSSR count). The summed E-state index contributed by atoms with van der Waals surface area (Å²) in [5, 5.41) is 9.13. The van der Waals surface area contributed by atoms with E-state index in [0.717, 1.165) is 5.71 Å². The maximum Gasteiger partial charge on any atom is 0.329 e. The van der Waals surface area contributed by atoms with Crippen molar-refractivity contribution in [3.05, 3.63) is 11.6 Å². The Morgan fingerprint density at radius 1 is 0.857 bits per heavy atom. The number of carbonyl (C=O) groups excluding carboxylic acids is 2. The van der Waals surface area contributed by atoms with E-state index in [1.165, 1.54) is 11.3 Å². The first-order valence-corrected chi connectivity index (χ1v) is 10.5. The van der Waals surface area contributed by atoms with Crippen LogP contribution < -0.4 is 10.7 Å². The SMILES string of the molecule is CC1(C)C(=NNC(=O)C(=O)Nc2nccs2)C(C)(C)C(C)(C)C(C)(C)C1(C)C. The minimum Gasteiger partial charge on any atom is -0.294 e. The summed E-state index contributed by atoms with van der Waals surface area (Å²) in [6.07, 6.45) is 1.57. The Labute approximate surface area is 172 Å². The maximum absolute atomic E-state index is 12.3. The number of hydrazone groups is 1. The second kappa shape index (κ2) is 6.65. The first-order valence-electron chi connectivity index (χ1n) is 9.61. The van der Waals surface area contributed by atoms with E-state index in [0.29, 0.717) is 5.13 Å². The van der Waals surface area contributed by atoms with Gasteiger partial charge in [-0.15, -0.1) is 11.3 Å². The number of anilines is 1. The molecule has 0 saturated heterocycles.